The highest BCUT2D eigenvalue weighted by atomic mass is 16.6. The van der Waals surface area contributed by atoms with Gasteiger partial charge in [-0.05, 0) is 38.1 Å². The van der Waals surface area contributed by atoms with E-state index < -0.39 is 11.0 Å². The fraction of sp³-hybridized carbons (Fsp3) is 0.214. The maximum absolute atomic E-state index is 11.8. The van der Waals surface area contributed by atoms with E-state index in [0.29, 0.717) is 11.4 Å². The van der Waals surface area contributed by atoms with Crippen LogP contribution < -0.4 is 10.6 Å². The van der Waals surface area contributed by atoms with E-state index in [1.54, 1.807) is 13.0 Å². The number of aryl methyl sites for hydroxylation is 1. The van der Waals surface area contributed by atoms with Crippen LogP contribution in [0.15, 0.2) is 40.8 Å². The van der Waals surface area contributed by atoms with Gasteiger partial charge in [0.05, 0.1) is 11.0 Å². The zero-order valence-corrected chi connectivity index (χ0v) is 11.6. The molecular formula is C14H15N3O4. The number of hydrogen-bond donors (Lipinski definition) is 2. The normalized spacial score (nSPS) is 11.7. The molecule has 1 heterocycles. The van der Waals surface area contributed by atoms with Crippen LogP contribution in [-0.2, 0) is 0 Å². The molecule has 2 N–H and O–H groups in total. The average molecular weight is 289 g/mol. The Morgan fingerprint density at radius 1 is 1.24 bits per heavy atom. The number of anilines is 1. The number of amides is 2. The summed E-state index contributed by atoms with van der Waals surface area (Å²) >= 11 is 0. The van der Waals surface area contributed by atoms with Crippen molar-refractivity contribution in [2.24, 2.45) is 0 Å². The smallest absolute Gasteiger partial charge is 0.319 e. The summed E-state index contributed by atoms with van der Waals surface area (Å²) in [5, 5.41) is 15.9. The number of furan rings is 1. The number of hydrogen-bond acceptors (Lipinski definition) is 4. The number of nitrogens with zero attached hydrogens (tertiary/aromatic N) is 1. The number of carbonyl (C=O) groups is 1. The standard InChI is InChI=1S/C14H15N3O4/c1-9-3-8-13(21-9)10(2)15-14(18)16-11-4-6-12(7-5-11)17(19)20/h3-8,10H,1-2H3,(H2,15,16,18). The Labute approximate surface area is 121 Å². The molecule has 21 heavy (non-hydrogen) atoms. The molecular weight excluding hydrogens is 274 g/mol. The summed E-state index contributed by atoms with van der Waals surface area (Å²) in [6.07, 6.45) is 0. The van der Waals surface area contributed by atoms with Gasteiger partial charge in [-0.25, -0.2) is 4.79 Å². The molecule has 0 aliphatic carbocycles. The van der Waals surface area contributed by atoms with E-state index in [0.717, 1.165) is 5.76 Å². The highest BCUT2D eigenvalue weighted by Gasteiger charge is 2.13. The van der Waals surface area contributed by atoms with Crippen molar-refractivity contribution < 1.29 is 14.1 Å². The second-order valence-electron chi connectivity index (χ2n) is 4.57. The van der Waals surface area contributed by atoms with Gasteiger partial charge in [-0.1, -0.05) is 0 Å². The predicted molar refractivity (Wildman–Crippen MR) is 77.1 cm³/mol. The molecule has 0 radical (unpaired) electrons. The molecule has 110 valence electrons. The molecule has 0 fully saturated rings. The minimum atomic E-state index is -0.495. The van der Waals surface area contributed by atoms with Crippen molar-refractivity contribution in [1.29, 1.82) is 0 Å². The topological polar surface area (TPSA) is 97.4 Å². The van der Waals surface area contributed by atoms with Crippen molar-refractivity contribution in [1.82, 2.24) is 5.32 Å². The molecule has 0 saturated carbocycles. The molecule has 0 aliphatic rings. The number of non-ortho nitro benzene ring substituents is 1. The van der Waals surface area contributed by atoms with Crippen LogP contribution in [-0.4, -0.2) is 11.0 Å². The maximum atomic E-state index is 11.8. The summed E-state index contributed by atoms with van der Waals surface area (Å²) in [6.45, 7) is 3.63. The average Bonchev–Trinajstić information content (AvgIpc) is 2.86. The molecule has 2 amide bonds. The van der Waals surface area contributed by atoms with Crippen LogP contribution in [0.4, 0.5) is 16.2 Å². The van der Waals surface area contributed by atoms with Crippen LogP contribution in [0.25, 0.3) is 0 Å². The first-order valence-corrected chi connectivity index (χ1v) is 6.34. The van der Waals surface area contributed by atoms with Crippen molar-refractivity contribution in [2.75, 3.05) is 5.32 Å². The lowest BCUT2D eigenvalue weighted by atomic mass is 10.2. The maximum Gasteiger partial charge on any atom is 0.319 e. The Balaban J connectivity index is 1.93. The minimum absolute atomic E-state index is 0.0274. The highest BCUT2D eigenvalue weighted by Crippen LogP contribution is 2.17. The molecule has 2 aromatic rings. The molecule has 7 heteroatoms. The number of benzene rings is 1. The lowest BCUT2D eigenvalue weighted by molar-refractivity contribution is -0.384. The summed E-state index contributed by atoms with van der Waals surface area (Å²) in [5.74, 6) is 1.43. The number of nitrogens with one attached hydrogen (secondary N) is 2. The fourth-order valence-corrected chi connectivity index (χ4v) is 1.79. The number of nitro benzene ring substituents is 1. The van der Waals surface area contributed by atoms with Gasteiger partial charge in [0, 0.05) is 17.8 Å². The highest BCUT2D eigenvalue weighted by molar-refractivity contribution is 5.89. The van der Waals surface area contributed by atoms with Crippen LogP contribution in [0.5, 0.6) is 0 Å². The van der Waals surface area contributed by atoms with E-state index in [-0.39, 0.29) is 11.7 Å². The Kier molecular flexibility index (Phi) is 4.22. The third-order valence-electron chi connectivity index (χ3n) is 2.87. The number of urea groups is 1. The first kappa shape index (κ1) is 14.6. The zero-order chi connectivity index (χ0) is 15.4. The van der Waals surface area contributed by atoms with E-state index in [4.69, 9.17) is 4.42 Å². The van der Waals surface area contributed by atoms with Gasteiger partial charge in [0.25, 0.3) is 5.69 Å². The van der Waals surface area contributed by atoms with Crippen molar-refractivity contribution >= 4 is 17.4 Å². The zero-order valence-electron chi connectivity index (χ0n) is 11.6. The van der Waals surface area contributed by atoms with Gasteiger partial charge >= 0.3 is 6.03 Å². The molecule has 1 unspecified atom stereocenters. The summed E-state index contributed by atoms with van der Waals surface area (Å²) in [7, 11) is 0. The van der Waals surface area contributed by atoms with Crippen LogP contribution in [0, 0.1) is 17.0 Å². The molecule has 7 nitrogen and oxygen atoms in total. The van der Waals surface area contributed by atoms with E-state index in [9.17, 15) is 14.9 Å². The van der Waals surface area contributed by atoms with Gasteiger partial charge in [-0.3, -0.25) is 10.1 Å². The molecule has 0 saturated heterocycles. The van der Waals surface area contributed by atoms with Crippen LogP contribution >= 0.6 is 0 Å². The van der Waals surface area contributed by atoms with Gasteiger partial charge < -0.3 is 15.1 Å². The second-order valence-corrected chi connectivity index (χ2v) is 4.57. The lowest BCUT2D eigenvalue weighted by Crippen LogP contribution is -2.30. The first-order chi connectivity index (χ1) is 9.95. The SMILES string of the molecule is Cc1ccc(C(C)NC(=O)Nc2ccc([N+](=O)[O-])cc2)o1. The van der Waals surface area contributed by atoms with Gasteiger partial charge in [-0.2, -0.15) is 0 Å². The van der Waals surface area contributed by atoms with E-state index in [1.165, 1.54) is 24.3 Å². The third-order valence-corrected chi connectivity index (χ3v) is 2.87. The summed E-state index contributed by atoms with van der Waals surface area (Å²) in [4.78, 5) is 21.9. The van der Waals surface area contributed by atoms with E-state index in [2.05, 4.69) is 10.6 Å². The minimum Gasteiger partial charge on any atom is -0.464 e. The van der Waals surface area contributed by atoms with Crippen molar-refractivity contribution in [2.45, 2.75) is 19.9 Å². The number of rotatable bonds is 4. The fourth-order valence-electron chi connectivity index (χ4n) is 1.79. The van der Waals surface area contributed by atoms with Crippen LogP contribution in [0.1, 0.15) is 24.5 Å². The Hall–Kier alpha value is -2.83. The van der Waals surface area contributed by atoms with Gasteiger partial charge in [0.1, 0.15) is 11.5 Å². The number of nitro groups is 1. The molecule has 0 aliphatic heterocycles. The van der Waals surface area contributed by atoms with E-state index in [1.807, 2.05) is 13.0 Å². The molecule has 1 atom stereocenters. The second kappa shape index (κ2) is 6.08. The first-order valence-electron chi connectivity index (χ1n) is 6.34. The van der Waals surface area contributed by atoms with Gasteiger partial charge in [0.2, 0.25) is 0 Å². The Morgan fingerprint density at radius 3 is 2.43 bits per heavy atom. The molecule has 1 aromatic heterocycles. The molecule has 0 spiro atoms. The van der Waals surface area contributed by atoms with Crippen molar-refractivity contribution in [3.05, 3.63) is 58.0 Å². The summed E-state index contributed by atoms with van der Waals surface area (Å²) in [6, 6.07) is 8.53. The van der Waals surface area contributed by atoms with Crippen LogP contribution in [0.2, 0.25) is 0 Å². The van der Waals surface area contributed by atoms with Gasteiger partial charge in [0.15, 0.2) is 0 Å². The summed E-state index contributed by atoms with van der Waals surface area (Å²) in [5.41, 5.74) is 0.446. The lowest BCUT2D eigenvalue weighted by Gasteiger charge is -2.12. The Morgan fingerprint density at radius 2 is 1.90 bits per heavy atom. The van der Waals surface area contributed by atoms with Crippen LogP contribution in [0.3, 0.4) is 0 Å². The largest absolute Gasteiger partial charge is 0.464 e. The Bertz CT molecular complexity index is 648. The van der Waals surface area contributed by atoms with Gasteiger partial charge in [-0.15, -0.1) is 0 Å². The van der Waals surface area contributed by atoms with E-state index >= 15 is 0 Å². The molecule has 1 aromatic carbocycles. The van der Waals surface area contributed by atoms with Crippen molar-refractivity contribution in [3.63, 3.8) is 0 Å². The third kappa shape index (κ3) is 3.82. The quantitative estimate of drug-likeness (QED) is 0.666. The monoisotopic (exact) mass is 289 g/mol. The van der Waals surface area contributed by atoms with Crippen molar-refractivity contribution in [3.8, 4) is 0 Å². The number of carbonyl (C=O) groups excluding carboxylic acids is 1. The summed E-state index contributed by atoms with van der Waals surface area (Å²) < 4.78 is 5.42. The molecule has 0 bridgehead atoms. The predicted octanol–water partition coefficient (Wildman–Crippen LogP) is 3.38. The molecule has 2 rings (SSSR count).